The van der Waals surface area contributed by atoms with Crippen LogP contribution in [-0.2, 0) is 13.1 Å². The molecule has 5 heteroatoms. The number of benzene rings is 3. The highest BCUT2D eigenvalue weighted by Crippen LogP contribution is 2.19. The van der Waals surface area contributed by atoms with Gasteiger partial charge in [-0.05, 0) is 54.1 Å². The highest BCUT2D eigenvalue weighted by molar-refractivity contribution is 6.04. The van der Waals surface area contributed by atoms with E-state index in [-0.39, 0.29) is 17.5 Å². The zero-order valence-corrected chi connectivity index (χ0v) is 16.7. The van der Waals surface area contributed by atoms with E-state index in [1.807, 2.05) is 60.7 Å². The van der Waals surface area contributed by atoms with E-state index in [0.29, 0.717) is 18.7 Å². The topological polar surface area (TPSA) is 41.6 Å². The first-order valence-electron chi connectivity index (χ1n) is 9.59. The first kappa shape index (κ1) is 20.6. The van der Waals surface area contributed by atoms with Gasteiger partial charge >= 0.3 is 0 Å². The molecule has 150 valence electrons. The van der Waals surface area contributed by atoms with Gasteiger partial charge in [-0.15, -0.1) is 0 Å². The van der Waals surface area contributed by atoms with Crippen LogP contribution in [0.5, 0.6) is 5.75 Å². The summed E-state index contributed by atoms with van der Waals surface area (Å²) in [6, 6.07) is 22.0. The van der Waals surface area contributed by atoms with Crippen molar-refractivity contribution in [3.63, 3.8) is 0 Å². The number of carbonyl (C=O) groups is 1. The minimum absolute atomic E-state index is 0.135. The molecule has 0 atom stereocenters. The fourth-order valence-electron chi connectivity index (χ4n) is 3.09. The van der Waals surface area contributed by atoms with Crippen molar-refractivity contribution in [2.75, 3.05) is 19.0 Å². The van der Waals surface area contributed by atoms with Crippen LogP contribution in [0.4, 0.5) is 10.1 Å². The standard InChI is InChI=1S/C24H25FN2O2/c1-3-27(17-19-11-14-23(29-2)22(25)15-19)16-18-9-12-20(13-10-18)24(28)26-21-7-5-4-6-8-21/h4-15H,3,16-17H2,1-2H3,(H,26,28). The van der Waals surface area contributed by atoms with Gasteiger partial charge in [0.2, 0.25) is 0 Å². The fraction of sp³-hybridized carbons (Fsp3) is 0.208. The van der Waals surface area contributed by atoms with Gasteiger partial charge in [-0.1, -0.05) is 43.3 Å². The molecule has 3 rings (SSSR count). The Hall–Kier alpha value is -3.18. The second-order valence-electron chi connectivity index (χ2n) is 6.79. The Morgan fingerprint density at radius 3 is 2.24 bits per heavy atom. The van der Waals surface area contributed by atoms with Crippen LogP contribution in [0.15, 0.2) is 72.8 Å². The Morgan fingerprint density at radius 2 is 1.62 bits per heavy atom. The molecule has 0 fully saturated rings. The number of nitrogens with one attached hydrogen (secondary N) is 1. The van der Waals surface area contributed by atoms with Crippen LogP contribution in [0.1, 0.15) is 28.4 Å². The van der Waals surface area contributed by atoms with Crippen molar-refractivity contribution in [2.24, 2.45) is 0 Å². The number of carbonyl (C=O) groups excluding carboxylic acids is 1. The molecule has 0 heterocycles. The molecule has 0 spiro atoms. The lowest BCUT2D eigenvalue weighted by atomic mass is 10.1. The summed E-state index contributed by atoms with van der Waals surface area (Å²) in [4.78, 5) is 14.6. The first-order valence-corrected chi connectivity index (χ1v) is 9.59. The van der Waals surface area contributed by atoms with E-state index in [2.05, 4.69) is 17.1 Å². The van der Waals surface area contributed by atoms with Crippen LogP contribution in [0, 0.1) is 5.82 Å². The lowest BCUT2D eigenvalue weighted by Gasteiger charge is -2.21. The van der Waals surface area contributed by atoms with Crippen LogP contribution >= 0.6 is 0 Å². The number of ether oxygens (including phenoxy) is 1. The molecule has 3 aromatic rings. The fourth-order valence-corrected chi connectivity index (χ4v) is 3.09. The third-order valence-electron chi connectivity index (χ3n) is 4.72. The molecular formula is C24H25FN2O2. The van der Waals surface area contributed by atoms with Crippen LogP contribution in [0.3, 0.4) is 0 Å². The maximum Gasteiger partial charge on any atom is 0.255 e. The predicted molar refractivity (Wildman–Crippen MR) is 114 cm³/mol. The van der Waals surface area contributed by atoms with Crippen LogP contribution in [0.2, 0.25) is 0 Å². The number of para-hydroxylation sites is 1. The van der Waals surface area contributed by atoms with Gasteiger partial charge in [-0.25, -0.2) is 4.39 Å². The Morgan fingerprint density at radius 1 is 0.966 bits per heavy atom. The van der Waals surface area contributed by atoms with E-state index in [1.165, 1.54) is 13.2 Å². The molecule has 0 bridgehead atoms. The average Bonchev–Trinajstić information content (AvgIpc) is 2.74. The molecule has 0 saturated heterocycles. The van der Waals surface area contributed by atoms with Crippen LogP contribution in [0.25, 0.3) is 0 Å². The maximum atomic E-state index is 13.9. The number of nitrogens with zero attached hydrogens (tertiary/aromatic N) is 1. The smallest absolute Gasteiger partial charge is 0.255 e. The van der Waals surface area contributed by atoms with Crippen molar-refractivity contribution in [3.05, 3.63) is 95.3 Å². The normalized spacial score (nSPS) is 10.8. The van der Waals surface area contributed by atoms with Crippen molar-refractivity contribution in [1.29, 1.82) is 0 Å². The van der Waals surface area contributed by atoms with Crippen LogP contribution < -0.4 is 10.1 Å². The van der Waals surface area contributed by atoms with E-state index in [1.54, 1.807) is 6.07 Å². The van der Waals surface area contributed by atoms with E-state index in [9.17, 15) is 9.18 Å². The minimum atomic E-state index is -0.352. The van der Waals surface area contributed by atoms with Crippen molar-refractivity contribution in [3.8, 4) is 5.75 Å². The van der Waals surface area contributed by atoms with Gasteiger partial charge in [0.25, 0.3) is 5.91 Å². The van der Waals surface area contributed by atoms with E-state index >= 15 is 0 Å². The summed E-state index contributed by atoms with van der Waals surface area (Å²) in [6.45, 7) is 4.24. The molecule has 3 aromatic carbocycles. The molecule has 1 N–H and O–H groups in total. The van der Waals surface area contributed by atoms with Gasteiger partial charge < -0.3 is 10.1 Å². The summed E-state index contributed by atoms with van der Waals surface area (Å²) in [5.74, 6) is -0.236. The van der Waals surface area contributed by atoms with Gasteiger partial charge in [0.1, 0.15) is 0 Å². The van der Waals surface area contributed by atoms with Crippen LogP contribution in [-0.4, -0.2) is 24.5 Å². The first-order chi connectivity index (χ1) is 14.1. The molecular weight excluding hydrogens is 367 g/mol. The number of anilines is 1. The largest absolute Gasteiger partial charge is 0.494 e. The molecule has 1 amide bonds. The zero-order valence-electron chi connectivity index (χ0n) is 16.7. The molecule has 0 aromatic heterocycles. The predicted octanol–water partition coefficient (Wildman–Crippen LogP) is 5.11. The maximum absolute atomic E-state index is 13.9. The lowest BCUT2D eigenvalue weighted by molar-refractivity contribution is 0.102. The Labute approximate surface area is 170 Å². The zero-order chi connectivity index (χ0) is 20.6. The molecule has 4 nitrogen and oxygen atoms in total. The number of amides is 1. The van der Waals surface area contributed by atoms with Crippen molar-refractivity contribution < 1.29 is 13.9 Å². The lowest BCUT2D eigenvalue weighted by Crippen LogP contribution is -2.22. The highest BCUT2D eigenvalue weighted by atomic mass is 19.1. The molecule has 0 radical (unpaired) electrons. The molecule has 0 saturated carbocycles. The van der Waals surface area contributed by atoms with Crippen molar-refractivity contribution in [2.45, 2.75) is 20.0 Å². The highest BCUT2D eigenvalue weighted by Gasteiger charge is 2.10. The van der Waals surface area contributed by atoms with E-state index in [0.717, 1.165) is 23.4 Å². The van der Waals surface area contributed by atoms with E-state index < -0.39 is 0 Å². The molecule has 29 heavy (non-hydrogen) atoms. The van der Waals surface area contributed by atoms with Gasteiger partial charge in [0.05, 0.1) is 7.11 Å². The summed E-state index contributed by atoms with van der Waals surface area (Å²) < 4.78 is 18.9. The SMILES string of the molecule is CCN(Cc1ccc(C(=O)Nc2ccccc2)cc1)Cc1ccc(OC)c(F)c1. The number of halogens is 1. The van der Waals surface area contributed by atoms with Gasteiger partial charge in [0.15, 0.2) is 11.6 Å². The molecule has 0 unspecified atom stereocenters. The summed E-state index contributed by atoms with van der Waals surface area (Å²) in [6.07, 6.45) is 0. The third-order valence-corrected chi connectivity index (χ3v) is 4.72. The number of hydrogen-bond acceptors (Lipinski definition) is 3. The average molecular weight is 392 g/mol. The van der Waals surface area contributed by atoms with E-state index in [4.69, 9.17) is 4.74 Å². The number of methoxy groups -OCH3 is 1. The number of rotatable bonds is 8. The molecule has 0 aliphatic heterocycles. The number of hydrogen-bond donors (Lipinski definition) is 1. The molecule has 0 aliphatic carbocycles. The van der Waals surface area contributed by atoms with Gasteiger partial charge in [-0.3, -0.25) is 9.69 Å². The van der Waals surface area contributed by atoms with Crippen molar-refractivity contribution in [1.82, 2.24) is 4.90 Å². The minimum Gasteiger partial charge on any atom is -0.494 e. The quantitative estimate of drug-likeness (QED) is 0.579. The summed E-state index contributed by atoms with van der Waals surface area (Å²) >= 11 is 0. The Bertz CT molecular complexity index is 943. The summed E-state index contributed by atoms with van der Waals surface area (Å²) in [5, 5.41) is 2.88. The molecule has 0 aliphatic rings. The Kier molecular flexibility index (Phi) is 6.98. The Balaban J connectivity index is 1.61. The second-order valence-corrected chi connectivity index (χ2v) is 6.79. The van der Waals surface area contributed by atoms with Crippen molar-refractivity contribution >= 4 is 11.6 Å². The third kappa shape index (κ3) is 5.65. The monoisotopic (exact) mass is 392 g/mol. The van der Waals surface area contributed by atoms with Gasteiger partial charge in [-0.2, -0.15) is 0 Å². The second kappa shape index (κ2) is 9.85. The summed E-state index contributed by atoms with van der Waals surface area (Å²) in [5.41, 5.74) is 3.37. The van der Waals surface area contributed by atoms with Gasteiger partial charge in [0, 0.05) is 24.3 Å². The summed E-state index contributed by atoms with van der Waals surface area (Å²) in [7, 11) is 1.46.